The van der Waals surface area contributed by atoms with Gasteiger partial charge in [-0.3, -0.25) is 9.59 Å². The molecule has 0 spiro atoms. The summed E-state index contributed by atoms with van der Waals surface area (Å²) in [6.07, 6.45) is 1.64. The van der Waals surface area contributed by atoms with Crippen LogP contribution in [0.1, 0.15) is 11.1 Å². The SMILES string of the molecule is N#Cc1c(-c2ccc(Cl)cc2Cl)nc2s/c(=C/c3ccc(Cl)cc3)c(=O)n2c1=O. The van der Waals surface area contributed by atoms with E-state index in [9.17, 15) is 14.9 Å². The molecule has 0 unspecified atom stereocenters. The number of nitriles is 1. The molecule has 4 rings (SSSR count). The average molecular weight is 461 g/mol. The lowest BCUT2D eigenvalue weighted by Gasteiger charge is -2.06. The van der Waals surface area contributed by atoms with Crippen LogP contribution in [0, 0.1) is 11.3 Å². The third-order valence-electron chi connectivity index (χ3n) is 4.13. The number of benzene rings is 2. The van der Waals surface area contributed by atoms with Crippen LogP contribution in [0.3, 0.4) is 0 Å². The van der Waals surface area contributed by atoms with Crippen molar-refractivity contribution in [2.45, 2.75) is 0 Å². The average Bonchev–Trinajstić information content (AvgIpc) is 2.99. The first kappa shape index (κ1) is 19.6. The summed E-state index contributed by atoms with van der Waals surface area (Å²) < 4.78 is 1.21. The van der Waals surface area contributed by atoms with Gasteiger partial charge in [-0.1, -0.05) is 58.3 Å². The Balaban J connectivity index is 2.03. The second-order valence-electron chi connectivity index (χ2n) is 5.96. The summed E-state index contributed by atoms with van der Waals surface area (Å²) in [5.74, 6) is 0. The first-order valence-corrected chi connectivity index (χ1v) is 10.1. The normalized spacial score (nSPS) is 11.7. The largest absolute Gasteiger partial charge is 0.280 e. The first-order chi connectivity index (χ1) is 13.9. The van der Waals surface area contributed by atoms with E-state index in [1.54, 1.807) is 42.5 Å². The topological polar surface area (TPSA) is 75.2 Å². The van der Waals surface area contributed by atoms with Crippen molar-refractivity contribution < 1.29 is 0 Å². The molecule has 5 nitrogen and oxygen atoms in total. The molecule has 0 aliphatic heterocycles. The van der Waals surface area contributed by atoms with E-state index >= 15 is 0 Å². The van der Waals surface area contributed by atoms with Crippen molar-refractivity contribution in [3.8, 4) is 17.3 Å². The molecule has 0 radical (unpaired) electrons. The molecule has 0 atom stereocenters. The number of rotatable bonds is 2. The van der Waals surface area contributed by atoms with Crippen molar-refractivity contribution in [1.82, 2.24) is 9.38 Å². The zero-order valence-electron chi connectivity index (χ0n) is 14.3. The molecule has 9 heteroatoms. The van der Waals surface area contributed by atoms with Crippen molar-refractivity contribution in [3.05, 3.63) is 93.9 Å². The Labute approximate surface area is 182 Å². The van der Waals surface area contributed by atoms with E-state index in [1.807, 2.05) is 6.07 Å². The lowest BCUT2D eigenvalue weighted by molar-refractivity contribution is 1.02. The summed E-state index contributed by atoms with van der Waals surface area (Å²) in [6.45, 7) is 0. The molecular formula is C20H8Cl3N3O2S. The second kappa shape index (κ2) is 7.62. The van der Waals surface area contributed by atoms with E-state index in [1.165, 1.54) is 6.07 Å². The van der Waals surface area contributed by atoms with Crippen LogP contribution < -0.4 is 15.7 Å². The molecule has 29 heavy (non-hydrogen) atoms. The van der Waals surface area contributed by atoms with Gasteiger partial charge < -0.3 is 0 Å². The van der Waals surface area contributed by atoms with Crippen LogP contribution in [0.25, 0.3) is 22.3 Å². The Kier molecular flexibility index (Phi) is 5.15. The molecule has 0 saturated carbocycles. The van der Waals surface area contributed by atoms with E-state index in [4.69, 9.17) is 34.8 Å². The van der Waals surface area contributed by atoms with Crippen molar-refractivity contribution in [2.24, 2.45) is 0 Å². The van der Waals surface area contributed by atoms with E-state index in [0.717, 1.165) is 21.3 Å². The number of aromatic nitrogens is 2. The van der Waals surface area contributed by atoms with Gasteiger partial charge in [0.15, 0.2) is 0 Å². The highest BCUT2D eigenvalue weighted by Crippen LogP contribution is 2.30. The molecule has 0 aliphatic rings. The highest BCUT2D eigenvalue weighted by atomic mass is 35.5. The van der Waals surface area contributed by atoms with E-state index in [-0.39, 0.29) is 21.2 Å². The zero-order chi connectivity index (χ0) is 20.7. The Morgan fingerprint density at radius 2 is 1.69 bits per heavy atom. The van der Waals surface area contributed by atoms with Crippen LogP contribution in [0.2, 0.25) is 15.1 Å². The van der Waals surface area contributed by atoms with Gasteiger partial charge in [-0.25, -0.2) is 9.38 Å². The summed E-state index contributed by atoms with van der Waals surface area (Å²) in [6, 6.07) is 13.4. The third kappa shape index (κ3) is 3.54. The molecule has 4 aromatic rings. The predicted molar refractivity (Wildman–Crippen MR) is 116 cm³/mol. The maximum absolute atomic E-state index is 12.9. The number of nitrogens with zero attached hydrogens (tertiary/aromatic N) is 3. The molecule has 2 aromatic carbocycles. The number of halogens is 3. The fourth-order valence-corrected chi connectivity index (χ4v) is 4.37. The number of fused-ring (bicyclic) bond motifs is 1. The molecule has 0 amide bonds. The Hall–Kier alpha value is -2.69. The third-order valence-corrected chi connectivity index (χ3v) is 5.90. The highest BCUT2D eigenvalue weighted by molar-refractivity contribution is 7.15. The molecule has 0 saturated heterocycles. The van der Waals surface area contributed by atoms with Crippen LogP contribution in [0.5, 0.6) is 0 Å². The molecular weight excluding hydrogens is 453 g/mol. The van der Waals surface area contributed by atoms with Crippen molar-refractivity contribution in [3.63, 3.8) is 0 Å². The summed E-state index contributed by atoms with van der Waals surface area (Å²) in [4.78, 5) is 30.2. The Bertz CT molecular complexity index is 1490. The maximum atomic E-state index is 12.9. The van der Waals surface area contributed by atoms with Gasteiger partial charge in [-0.2, -0.15) is 5.26 Å². The van der Waals surface area contributed by atoms with Gasteiger partial charge in [-0.15, -0.1) is 0 Å². The Morgan fingerprint density at radius 1 is 1.00 bits per heavy atom. The standard InChI is InChI=1S/C20H8Cl3N3O2S/c21-11-3-1-10(2-4-11)7-16-19(28)26-18(27)14(9-24)17(25-20(26)29-16)13-6-5-12(22)8-15(13)23/h1-8H/b16-7+. The van der Waals surface area contributed by atoms with Gasteiger partial charge in [0, 0.05) is 15.6 Å². The van der Waals surface area contributed by atoms with Crippen LogP contribution in [0.4, 0.5) is 0 Å². The minimum atomic E-state index is -0.740. The van der Waals surface area contributed by atoms with Crippen molar-refractivity contribution in [1.29, 1.82) is 5.26 Å². The molecule has 0 aliphatic carbocycles. The summed E-state index contributed by atoms with van der Waals surface area (Å²) in [5.41, 5.74) is -0.305. The minimum absolute atomic E-state index is 0.110. The maximum Gasteiger partial charge on any atom is 0.280 e. The monoisotopic (exact) mass is 459 g/mol. The van der Waals surface area contributed by atoms with E-state index in [2.05, 4.69) is 4.98 Å². The highest BCUT2D eigenvalue weighted by Gasteiger charge is 2.19. The minimum Gasteiger partial charge on any atom is -0.267 e. The fraction of sp³-hybridized carbons (Fsp3) is 0. The molecule has 2 heterocycles. The molecule has 0 fully saturated rings. The van der Waals surface area contributed by atoms with Gasteiger partial charge in [0.2, 0.25) is 4.96 Å². The first-order valence-electron chi connectivity index (χ1n) is 8.11. The summed E-state index contributed by atoms with van der Waals surface area (Å²) in [7, 11) is 0. The summed E-state index contributed by atoms with van der Waals surface area (Å²) in [5, 5.41) is 10.8. The quantitative estimate of drug-likeness (QED) is 0.450. The lowest BCUT2D eigenvalue weighted by atomic mass is 10.1. The van der Waals surface area contributed by atoms with E-state index < -0.39 is 11.1 Å². The molecule has 0 N–H and O–H groups in total. The van der Waals surface area contributed by atoms with Gasteiger partial charge in [0.25, 0.3) is 11.1 Å². The zero-order valence-corrected chi connectivity index (χ0v) is 17.4. The van der Waals surface area contributed by atoms with Gasteiger partial charge in [-0.05, 0) is 42.0 Å². The van der Waals surface area contributed by atoms with Crippen LogP contribution in [-0.4, -0.2) is 9.38 Å². The van der Waals surface area contributed by atoms with Gasteiger partial charge >= 0.3 is 0 Å². The summed E-state index contributed by atoms with van der Waals surface area (Å²) >= 11 is 19.1. The second-order valence-corrected chi connectivity index (χ2v) is 8.25. The Morgan fingerprint density at radius 3 is 2.34 bits per heavy atom. The van der Waals surface area contributed by atoms with Crippen LogP contribution in [0.15, 0.2) is 52.1 Å². The number of hydrogen-bond donors (Lipinski definition) is 0. The van der Waals surface area contributed by atoms with Gasteiger partial charge in [0.1, 0.15) is 11.6 Å². The lowest BCUT2D eigenvalue weighted by Crippen LogP contribution is -2.32. The molecule has 142 valence electrons. The molecule has 0 bridgehead atoms. The molecule has 2 aromatic heterocycles. The van der Waals surface area contributed by atoms with Gasteiger partial charge in [0.05, 0.1) is 15.2 Å². The van der Waals surface area contributed by atoms with Crippen molar-refractivity contribution >= 4 is 57.2 Å². The number of hydrogen-bond acceptors (Lipinski definition) is 5. The van der Waals surface area contributed by atoms with Crippen molar-refractivity contribution in [2.75, 3.05) is 0 Å². The fourth-order valence-electron chi connectivity index (χ4n) is 2.78. The van der Waals surface area contributed by atoms with Crippen LogP contribution in [-0.2, 0) is 0 Å². The smallest absolute Gasteiger partial charge is 0.267 e. The van der Waals surface area contributed by atoms with E-state index in [0.29, 0.717) is 20.1 Å². The predicted octanol–water partition coefficient (Wildman–Crippen LogP) is 4.16. The number of thiazole rings is 1. The van der Waals surface area contributed by atoms with Crippen LogP contribution >= 0.6 is 46.1 Å².